The Balaban J connectivity index is 1.22. The van der Waals surface area contributed by atoms with E-state index in [-0.39, 0.29) is 18.3 Å². The molecule has 0 aliphatic carbocycles. The molecule has 5 aromatic rings. The number of fused-ring (bicyclic) bond motifs is 1. The number of amides is 1. The average molecular weight is 554 g/mol. The first-order valence-corrected chi connectivity index (χ1v) is 12.4. The van der Waals surface area contributed by atoms with E-state index < -0.39 is 0 Å². The minimum Gasteiger partial charge on any atom is -0.484 e. The summed E-state index contributed by atoms with van der Waals surface area (Å²) in [5.74, 6) is 0.920. The van der Waals surface area contributed by atoms with Crippen molar-refractivity contribution < 1.29 is 13.9 Å². The Morgan fingerprint density at radius 1 is 1.09 bits per heavy atom. The second-order valence-corrected chi connectivity index (χ2v) is 10.0. The van der Waals surface area contributed by atoms with Gasteiger partial charge in [-0.1, -0.05) is 33.6 Å². The molecular formula is C26H18BrClN2O3S. The first-order chi connectivity index (χ1) is 16.4. The van der Waals surface area contributed by atoms with E-state index in [1.165, 1.54) is 5.56 Å². The van der Waals surface area contributed by atoms with Crippen LogP contribution >= 0.6 is 38.9 Å². The molecule has 0 aliphatic heterocycles. The van der Waals surface area contributed by atoms with Crippen molar-refractivity contribution in [2.24, 2.45) is 0 Å². The Hall–Kier alpha value is -3.13. The van der Waals surface area contributed by atoms with Crippen molar-refractivity contribution >= 4 is 60.7 Å². The summed E-state index contributed by atoms with van der Waals surface area (Å²) in [6, 6.07) is 22.5. The molecule has 2 heterocycles. The molecule has 170 valence electrons. The fourth-order valence-electron chi connectivity index (χ4n) is 3.36. The van der Waals surface area contributed by atoms with E-state index in [4.69, 9.17) is 25.7 Å². The van der Waals surface area contributed by atoms with Gasteiger partial charge in [0.25, 0.3) is 5.91 Å². The smallest absolute Gasteiger partial charge is 0.291 e. The van der Waals surface area contributed by atoms with E-state index >= 15 is 0 Å². The number of hydrogen-bond donors (Lipinski definition) is 1. The number of aromatic nitrogens is 1. The summed E-state index contributed by atoms with van der Waals surface area (Å²) in [5.41, 5.74) is 3.87. The Morgan fingerprint density at radius 2 is 1.91 bits per heavy atom. The van der Waals surface area contributed by atoms with Crippen LogP contribution in [0.1, 0.15) is 21.9 Å². The number of benzene rings is 3. The van der Waals surface area contributed by atoms with E-state index in [1.54, 1.807) is 35.6 Å². The number of furan rings is 1. The third kappa shape index (κ3) is 5.01. The van der Waals surface area contributed by atoms with Crippen molar-refractivity contribution in [3.05, 3.63) is 99.4 Å². The van der Waals surface area contributed by atoms with E-state index in [0.717, 1.165) is 25.3 Å². The van der Waals surface area contributed by atoms with Gasteiger partial charge in [0.05, 0.1) is 15.2 Å². The molecule has 2 aromatic heterocycles. The molecule has 5 rings (SSSR count). The van der Waals surface area contributed by atoms with Crippen LogP contribution in [0.5, 0.6) is 5.75 Å². The largest absolute Gasteiger partial charge is 0.484 e. The Kier molecular flexibility index (Phi) is 6.41. The van der Waals surface area contributed by atoms with Crippen LogP contribution in [0, 0.1) is 6.92 Å². The lowest BCUT2D eigenvalue weighted by Crippen LogP contribution is -2.10. The minimum atomic E-state index is -0.337. The van der Waals surface area contributed by atoms with Gasteiger partial charge in [0.2, 0.25) is 0 Å². The highest BCUT2D eigenvalue weighted by Gasteiger charge is 2.13. The average Bonchev–Trinajstić information content (AvgIpc) is 3.46. The van der Waals surface area contributed by atoms with Crippen molar-refractivity contribution in [1.82, 2.24) is 4.98 Å². The normalized spacial score (nSPS) is 11.0. The molecule has 0 saturated heterocycles. The van der Waals surface area contributed by atoms with Crippen molar-refractivity contribution in [3.8, 4) is 16.3 Å². The lowest BCUT2D eigenvalue weighted by atomic mass is 10.2. The maximum Gasteiger partial charge on any atom is 0.291 e. The van der Waals surface area contributed by atoms with E-state index in [2.05, 4.69) is 40.3 Å². The summed E-state index contributed by atoms with van der Waals surface area (Å²) in [6.45, 7) is 2.23. The summed E-state index contributed by atoms with van der Waals surface area (Å²) in [7, 11) is 0. The van der Waals surface area contributed by atoms with Crippen LogP contribution in [-0.4, -0.2) is 10.9 Å². The fourth-order valence-corrected chi connectivity index (χ4v) is 5.16. The van der Waals surface area contributed by atoms with Crippen LogP contribution in [0.3, 0.4) is 0 Å². The van der Waals surface area contributed by atoms with Gasteiger partial charge in [0, 0.05) is 15.7 Å². The van der Waals surface area contributed by atoms with E-state index in [9.17, 15) is 4.79 Å². The molecule has 0 bridgehead atoms. The monoisotopic (exact) mass is 552 g/mol. The first kappa shape index (κ1) is 22.7. The molecule has 0 radical (unpaired) electrons. The van der Waals surface area contributed by atoms with Crippen LogP contribution in [-0.2, 0) is 6.61 Å². The standard InChI is InChI=1S/C26H18BrClN2O3S/c1-15-2-9-21-24(12-15)34-26(30-21)16-3-6-18(7-4-16)29-25(31)23-11-8-19(33-23)14-32-22-10-5-17(27)13-20(22)28/h2-13H,14H2,1H3,(H,29,31). The van der Waals surface area contributed by atoms with Gasteiger partial charge >= 0.3 is 0 Å². The fraction of sp³-hybridized carbons (Fsp3) is 0.0769. The Bertz CT molecular complexity index is 1490. The quantitative estimate of drug-likeness (QED) is 0.231. The molecule has 1 amide bonds. The number of nitrogens with one attached hydrogen (secondary N) is 1. The number of ether oxygens (including phenoxy) is 1. The highest BCUT2D eigenvalue weighted by molar-refractivity contribution is 9.10. The third-order valence-electron chi connectivity index (χ3n) is 5.08. The van der Waals surface area contributed by atoms with Gasteiger partial charge in [-0.3, -0.25) is 4.79 Å². The Labute approximate surface area is 213 Å². The van der Waals surface area contributed by atoms with Crippen molar-refractivity contribution in [2.45, 2.75) is 13.5 Å². The van der Waals surface area contributed by atoms with Crippen molar-refractivity contribution in [1.29, 1.82) is 0 Å². The predicted molar refractivity (Wildman–Crippen MR) is 140 cm³/mol. The molecule has 8 heteroatoms. The van der Waals surface area contributed by atoms with Gasteiger partial charge in [-0.2, -0.15) is 0 Å². The van der Waals surface area contributed by atoms with Crippen LogP contribution in [0.25, 0.3) is 20.8 Å². The minimum absolute atomic E-state index is 0.158. The van der Waals surface area contributed by atoms with Crippen LogP contribution in [0.2, 0.25) is 5.02 Å². The zero-order chi connectivity index (χ0) is 23.7. The van der Waals surface area contributed by atoms with Gasteiger partial charge in [0.15, 0.2) is 5.76 Å². The van der Waals surface area contributed by atoms with Crippen molar-refractivity contribution in [2.75, 3.05) is 5.32 Å². The molecular weight excluding hydrogens is 536 g/mol. The molecule has 0 aliphatic rings. The van der Waals surface area contributed by atoms with Crippen molar-refractivity contribution in [3.63, 3.8) is 0 Å². The number of nitrogens with zero attached hydrogens (tertiary/aromatic N) is 1. The molecule has 1 N–H and O–H groups in total. The summed E-state index contributed by atoms with van der Waals surface area (Å²) < 4.78 is 13.4. The molecule has 0 saturated carbocycles. The first-order valence-electron chi connectivity index (χ1n) is 10.4. The number of rotatable bonds is 6. The second kappa shape index (κ2) is 9.62. The number of thiazole rings is 1. The van der Waals surface area contributed by atoms with Crippen LogP contribution in [0.4, 0.5) is 5.69 Å². The van der Waals surface area contributed by atoms with Gasteiger partial charge in [0.1, 0.15) is 23.1 Å². The van der Waals surface area contributed by atoms with Gasteiger partial charge in [-0.25, -0.2) is 4.98 Å². The number of carbonyl (C=O) groups is 1. The number of carbonyl (C=O) groups excluding carboxylic acids is 1. The van der Waals surface area contributed by atoms with E-state index in [0.29, 0.717) is 22.2 Å². The highest BCUT2D eigenvalue weighted by Crippen LogP contribution is 2.31. The summed E-state index contributed by atoms with van der Waals surface area (Å²) >= 11 is 11.2. The number of halogens is 2. The molecule has 0 atom stereocenters. The summed E-state index contributed by atoms with van der Waals surface area (Å²) in [4.78, 5) is 17.3. The Morgan fingerprint density at radius 3 is 2.71 bits per heavy atom. The molecule has 5 nitrogen and oxygen atoms in total. The molecule has 3 aromatic carbocycles. The van der Waals surface area contributed by atoms with E-state index in [1.807, 2.05) is 36.4 Å². The second-order valence-electron chi connectivity index (χ2n) is 7.65. The lowest BCUT2D eigenvalue weighted by molar-refractivity contribution is 0.0992. The van der Waals surface area contributed by atoms with Gasteiger partial charge in [-0.15, -0.1) is 11.3 Å². The van der Waals surface area contributed by atoms with Gasteiger partial charge < -0.3 is 14.5 Å². The lowest BCUT2D eigenvalue weighted by Gasteiger charge is -2.07. The zero-order valence-electron chi connectivity index (χ0n) is 18.0. The molecule has 0 spiro atoms. The number of aryl methyl sites for hydroxylation is 1. The summed E-state index contributed by atoms with van der Waals surface area (Å²) in [5, 5.41) is 4.29. The molecule has 34 heavy (non-hydrogen) atoms. The number of hydrogen-bond acceptors (Lipinski definition) is 5. The third-order valence-corrected chi connectivity index (χ3v) is 6.94. The van der Waals surface area contributed by atoms with Gasteiger partial charge in [-0.05, 0) is 79.2 Å². The topological polar surface area (TPSA) is 64.4 Å². The van der Waals surface area contributed by atoms with Crippen LogP contribution in [0.15, 0.2) is 81.7 Å². The maximum absolute atomic E-state index is 12.6. The molecule has 0 fully saturated rings. The predicted octanol–water partition coefficient (Wildman–Crippen LogP) is 8.11. The summed E-state index contributed by atoms with van der Waals surface area (Å²) in [6.07, 6.45) is 0. The SMILES string of the molecule is Cc1ccc2nc(-c3ccc(NC(=O)c4ccc(COc5ccc(Br)cc5Cl)o4)cc3)sc2c1. The molecule has 0 unspecified atom stereocenters. The highest BCUT2D eigenvalue weighted by atomic mass is 79.9. The maximum atomic E-state index is 12.6. The zero-order valence-corrected chi connectivity index (χ0v) is 21.1. The van der Waals surface area contributed by atoms with Crippen LogP contribution < -0.4 is 10.1 Å². The number of anilines is 1.